The average Bonchev–Trinajstić information content (AvgIpc) is 3.39. The molecule has 2 aromatic carbocycles. The molecule has 3 aromatic rings. The van der Waals surface area contributed by atoms with Crippen molar-refractivity contribution >= 4 is 23.3 Å². The first kappa shape index (κ1) is 26.1. The number of hydrogen-bond donors (Lipinski definition) is 1. The molecule has 11 nitrogen and oxygen atoms in total. The lowest BCUT2D eigenvalue weighted by atomic mass is 10.0. The van der Waals surface area contributed by atoms with Crippen LogP contribution in [0.3, 0.4) is 0 Å². The minimum absolute atomic E-state index is 0.0392. The van der Waals surface area contributed by atoms with Crippen LogP contribution in [0.1, 0.15) is 24.3 Å². The summed E-state index contributed by atoms with van der Waals surface area (Å²) < 4.78 is 16.9. The summed E-state index contributed by atoms with van der Waals surface area (Å²) in [5.41, 5.74) is 3.77. The predicted molar refractivity (Wildman–Crippen MR) is 148 cm³/mol. The standard InChI is InChI=1S/C29H34N6O5/c1-38-24-17-21(16-23(18-24)33-12-14-39-15-13-33)28-32-31-26(40-28)19-27(36)34-9-7-22(8-10-34)35-11-6-20-4-2-3-5-25(20)30-29(35)37/h2-5,16-18,22H,6-15,19H2,1H3,(H,30,37). The van der Waals surface area contributed by atoms with Crippen molar-refractivity contribution in [3.63, 3.8) is 0 Å². The number of nitrogens with one attached hydrogen (secondary N) is 1. The van der Waals surface area contributed by atoms with E-state index in [1.54, 1.807) is 7.11 Å². The Balaban J connectivity index is 1.06. The van der Waals surface area contributed by atoms with Crippen molar-refractivity contribution in [3.05, 3.63) is 53.9 Å². The zero-order valence-corrected chi connectivity index (χ0v) is 22.7. The van der Waals surface area contributed by atoms with Crippen LogP contribution < -0.4 is 15.0 Å². The molecule has 0 radical (unpaired) electrons. The van der Waals surface area contributed by atoms with Crippen LogP contribution in [0.4, 0.5) is 16.2 Å². The van der Waals surface area contributed by atoms with Crippen LogP contribution in [0.2, 0.25) is 0 Å². The van der Waals surface area contributed by atoms with E-state index in [1.807, 2.05) is 46.2 Å². The lowest BCUT2D eigenvalue weighted by Crippen LogP contribution is -2.50. The molecule has 1 N–H and O–H groups in total. The van der Waals surface area contributed by atoms with Crippen molar-refractivity contribution in [2.75, 3.05) is 63.3 Å². The number of rotatable bonds is 6. The van der Waals surface area contributed by atoms with Crippen LogP contribution in [0.25, 0.3) is 11.5 Å². The smallest absolute Gasteiger partial charge is 0.322 e. The number of anilines is 2. The molecule has 0 aliphatic carbocycles. The summed E-state index contributed by atoms with van der Waals surface area (Å²) in [5.74, 6) is 1.27. The largest absolute Gasteiger partial charge is 0.497 e. The number of fused-ring (bicyclic) bond motifs is 1. The second-order valence-corrected chi connectivity index (χ2v) is 10.3. The van der Waals surface area contributed by atoms with Gasteiger partial charge in [0.15, 0.2) is 0 Å². The Labute approximate surface area is 233 Å². The number of benzene rings is 2. The monoisotopic (exact) mass is 546 g/mol. The number of morpholine rings is 1. The van der Waals surface area contributed by atoms with Crippen molar-refractivity contribution in [2.45, 2.75) is 31.7 Å². The van der Waals surface area contributed by atoms with Gasteiger partial charge in [0.2, 0.25) is 17.7 Å². The highest BCUT2D eigenvalue weighted by Crippen LogP contribution is 2.31. The molecule has 0 unspecified atom stereocenters. The fourth-order valence-corrected chi connectivity index (χ4v) is 5.68. The van der Waals surface area contributed by atoms with Gasteiger partial charge in [-0.2, -0.15) is 0 Å². The van der Waals surface area contributed by atoms with Crippen LogP contribution in [0.15, 0.2) is 46.9 Å². The molecule has 6 rings (SSSR count). The molecular formula is C29H34N6O5. The summed E-state index contributed by atoms with van der Waals surface area (Å²) in [5, 5.41) is 11.4. The number of carbonyl (C=O) groups excluding carboxylic acids is 2. The van der Waals surface area contributed by atoms with E-state index in [1.165, 1.54) is 0 Å². The minimum atomic E-state index is -0.0672. The number of amides is 3. The lowest BCUT2D eigenvalue weighted by molar-refractivity contribution is -0.132. The highest BCUT2D eigenvalue weighted by atomic mass is 16.5. The van der Waals surface area contributed by atoms with Gasteiger partial charge in [0.1, 0.15) is 12.2 Å². The topological polar surface area (TPSA) is 113 Å². The molecule has 3 aliphatic heterocycles. The maximum atomic E-state index is 13.1. The third kappa shape index (κ3) is 5.60. The summed E-state index contributed by atoms with van der Waals surface area (Å²) in [7, 11) is 1.63. The molecule has 4 heterocycles. The van der Waals surface area contributed by atoms with Gasteiger partial charge in [-0.25, -0.2) is 4.79 Å². The van der Waals surface area contributed by atoms with E-state index in [2.05, 4.69) is 26.5 Å². The van der Waals surface area contributed by atoms with Gasteiger partial charge in [0, 0.05) is 61.8 Å². The fraction of sp³-hybridized carbons (Fsp3) is 0.448. The quantitative estimate of drug-likeness (QED) is 0.502. The van der Waals surface area contributed by atoms with Crippen LogP contribution in [0, 0.1) is 0 Å². The molecule has 2 fully saturated rings. The van der Waals surface area contributed by atoms with Gasteiger partial charge < -0.3 is 33.9 Å². The normalized spacial score (nSPS) is 18.2. The van der Waals surface area contributed by atoms with Gasteiger partial charge >= 0.3 is 6.03 Å². The van der Waals surface area contributed by atoms with Gasteiger partial charge in [0.25, 0.3) is 0 Å². The van der Waals surface area contributed by atoms with Gasteiger partial charge in [-0.05, 0) is 43.0 Å². The van der Waals surface area contributed by atoms with Crippen molar-refractivity contribution < 1.29 is 23.5 Å². The lowest BCUT2D eigenvalue weighted by Gasteiger charge is -2.37. The van der Waals surface area contributed by atoms with Crippen LogP contribution in [-0.4, -0.2) is 91.0 Å². The Morgan fingerprint density at radius 1 is 1.05 bits per heavy atom. The van der Waals surface area contributed by atoms with Gasteiger partial charge in [-0.3, -0.25) is 4.79 Å². The van der Waals surface area contributed by atoms with E-state index in [-0.39, 0.29) is 30.3 Å². The van der Waals surface area contributed by atoms with E-state index < -0.39 is 0 Å². The number of carbonyl (C=O) groups is 2. The zero-order valence-electron chi connectivity index (χ0n) is 22.7. The molecule has 1 aromatic heterocycles. The van der Waals surface area contributed by atoms with Crippen LogP contribution >= 0.6 is 0 Å². The number of hydrogen-bond acceptors (Lipinski definition) is 8. The summed E-state index contributed by atoms with van der Waals surface area (Å²) >= 11 is 0. The molecule has 0 spiro atoms. The summed E-state index contributed by atoms with van der Waals surface area (Å²) in [6.45, 7) is 4.78. The number of nitrogens with zero attached hydrogens (tertiary/aromatic N) is 5. The first-order valence-electron chi connectivity index (χ1n) is 13.9. The van der Waals surface area contributed by atoms with E-state index in [0.29, 0.717) is 44.5 Å². The van der Waals surface area contributed by atoms with Crippen molar-refractivity contribution in [3.8, 4) is 17.2 Å². The third-order valence-corrected chi connectivity index (χ3v) is 7.92. The molecular weight excluding hydrogens is 512 g/mol. The summed E-state index contributed by atoms with van der Waals surface area (Å²) in [6.07, 6.45) is 2.32. The van der Waals surface area contributed by atoms with Crippen molar-refractivity contribution in [1.82, 2.24) is 20.0 Å². The Morgan fingerprint density at radius 2 is 1.85 bits per heavy atom. The third-order valence-electron chi connectivity index (χ3n) is 7.92. The van der Waals surface area contributed by atoms with Gasteiger partial charge in [-0.1, -0.05) is 18.2 Å². The first-order valence-corrected chi connectivity index (χ1v) is 13.9. The second-order valence-electron chi connectivity index (χ2n) is 10.3. The van der Waals surface area contributed by atoms with Crippen LogP contribution in [0.5, 0.6) is 5.75 Å². The number of likely N-dealkylation sites (tertiary alicyclic amines) is 1. The maximum Gasteiger partial charge on any atom is 0.322 e. The molecule has 3 aliphatic rings. The average molecular weight is 547 g/mol. The molecule has 2 saturated heterocycles. The fourth-order valence-electron chi connectivity index (χ4n) is 5.68. The molecule has 0 saturated carbocycles. The number of aromatic nitrogens is 2. The number of piperidine rings is 1. The van der Waals surface area contributed by atoms with Gasteiger partial charge in [0.05, 0.1) is 20.3 Å². The highest BCUT2D eigenvalue weighted by molar-refractivity contribution is 5.91. The Hall–Kier alpha value is -4.12. The van der Waals surface area contributed by atoms with E-state index in [0.717, 1.165) is 54.9 Å². The Bertz CT molecular complexity index is 1360. The van der Waals surface area contributed by atoms with Crippen molar-refractivity contribution in [2.24, 2.45) is 0 Å². The molecule has 210 valence electrons. The number of para-hydroxylation sites is 1. The first-order chi connectivity index (χ1) is 19.6. The maximum absolute atomic E-state index is 13.1. The van der Waals surface area contributed by atoms with E-state index >= 15 is 0 Å². The SMILES string of the molecule is COc1cc(-c2nnc(CC(=O)N3CCC(N4CCc5ccccc5NC4=O)CC3)o2)cc(N2CCOCC2)c1. The van der Waals surface area contributed by atoms with Crippen molar-refractivity contribution in [1.29, 1.82) is 0 Å². The molecule has 0 atom stereocenters. The van der Waals surface area contributed by atoms with Gasteiger partial charge in [-0.15, -0.1) is 10.2 Å². The summed E-state index contributed by atoms with van der Waals surface area (Å²) in [4.78, 5) is 32.0. The minimum Gasteiger partial charge on any atom is -0.497 e. The number of urea groups is 1. The Morgan fingerprint density at radius 3 is 2.65 bits per heavy atom. The van der Waals surface area contributed by atoms with E-state index in [9.17, 15) is 9.59 Å². The predicted octanol–water partition coefficient (Wildman–Crippen LogP) is 3.21. The number of methoxy groups -OCH3 is 1. The molecule has 40 heavy (non-hydrogen) atoms. The van der Waals surface area contributed by atoms with E-state index in [4.69, 9.17) is 13.9 Å². The molecule has 11 heteroatoms. The zero-order chi connectivity index (χ0) is 27.5. The Kier molecular flexibility index (Phi) is 7.54. The molecule has 3 amide bonds. The van der Waals surface area contributed by atoms with Crippen LogP contribution in [-0.2, 0) is 22.4 Å². The highest BCUT2D eigenvalue weighted by Gasteiger charge is 2.31. The summed E-state index contributed by atoms with van der Waals surface area (Å²) in [6, 6.07) is 13.8. The number of ether oxygens (including phenoxy) is 2. The molecule has 0 bridgehead atoms. The second kappa shape index (κ2) is 11.5.